The summed E-state index contributed by atoms with van der Waals surface area (Å²) in [5, 5.41) is 20.7. The molecule has 0 aliphatic heterocycles. The summed E-state index contributed by atoms with van der Waals surface area (Å²) >= 11 is 0. The van der Waals surface area contributed by atoms with Crippen LogP contribution in [-0.2, 0) is 4.74 Å². The molecular weight excluding hydrogens is 268 g/mol. The Morgan fingerprint density at radius 1 is 1.50 bits per heavy atom. The fourth-order valence-electron chi connectivity index (χ4n) is 1.77. The largest absolute Gasteiger partial charge is 0.506 e. The first-order valence-corrected chi connectivity index (χ1v) is 5.66. The van der Waals surface area contributed by atoms with Gasteiger partial charge in [-0.05, 0) is 13.0 Å². The first kappa shape index (κ1) is 13.5. The number of aromatic hydroxyl groups is 1. The molecule has 0 unspecified atom stereocenters. The average Bonchev–Trinajstić information content (AvgIpc) is 2.38. The van der Waals surface area contributed by atoms with E-state index in [1.165, 1.54) is 12.1 Å². The Morgan fingerprint density at radius 2 is 2.20 bits per heavy atom. The van der Waals surface area contributed by atoms with Gasteiger partial charge in [0.25, 0.3) is 11.2 Å². The van der Waals surface area contributed by atoms with E-state index in [9.17, 15) is 24.8 Å². The van der Waals surface area contributed by atoms with Gasteiger partial charge in [0.1, 0.15) is 5.75 Å². The third kappa shape index (κ3) is 2.18. The summed E-state index contributed by atoms with van der Waals surface area (Å²) < 4.78 is 4.66. The Hall–Kier alpha value is -2.90. The van der Waals surface area contributed by atoms with E-state index in [1.807, 2.05) is 0 Å². The number of rotatable bonds is 3. The van der Waals surface area contributed by atoms with Crippen LogP contribution in [0.3, 0.4) is 0 Å². The maximum absolute atomic E-state index is 11.7. The summed E-state index contributed by atoms with van der Waals surface area (Å²) in [6.45, 7) is 1.58. The minimum atomic E-state index is -0.986. The number of nitrogens with one attached hydrogen (secondary N) is 1. The molecule has 0 spiro atoms. The topological polar surface area (TPSA) is 123 Å². The molecule has 1 heterocycles. The molecule has 0 amide bonds. The molecule has 1 aromatic heterocycles. The van der Waals surface area contributed by atoms with Crippen LogP contribution in [0.15, 0.2) is 23.0 Å². The zero-order chi connectivity index (χ0) is 14.9. The number of hydrogen-bond acceptors (Lipinski definition) is 6. The van der Waals surface area contributed by atoms with Gasteiger partial charge in [-0.3, -0.25) is 14.9 Å². The maximum Gasteiger partial charge on any atom is 0.347 e. The highest BCUT2D eigenvalue weighted by Crippen LogP contribution is 2.28. The van der Waals surface area contributed by atoms with Crippen molar-refractivity contribution in [3.05, 3.63) is 44.2 Å². The highest BCUT2D eigenvalue weighted by atomic mass is 16.6. The molecule has 1 aromatic carbocycles. The number of non-ortho nitro benzene ring substituents is 1. The number of fused-ring (bicyclic) bond motifs is 1. The molecular formula is C12H10N2O6. The Labute approximate surface area is 111 Å². The third-order valence-corrected chi connectivity index (χ3v) is 2.66. The molecule has 0 aliphatic carbocycles. The number of nitro benzene ring substituents is 1. The number of aromatic nitrogens is 1. The molecule has 20 heavy (non-hydrogen) atoms. The molecule has 0 radical (unpaired) electrons. The summed E-state index contributed by atoms with van der Waals surface area (Å²) in [5.41, 5.74) is -1.47. The Morgan fingerprint density at radius 3 is 2.80 bits per heavy atom. The van der Waals surface area contributed by atoms with E-state index in [2.05, 4.69) is 9.72 Å². The third-order valence-electron chi connectivity index (χ3n) is 2.66. The van der Waals surface area contributed by atoms with Gasteiger partial charge in [0, 0.05) is 17.5 Å². The van der Waals surface area contributed by atoms with Crippen molar-refractivity contribution in [3.8, 4) is 5.75 Å². The van der Waals surface area contributed by atoms with E-state index < -0.39 is 27.8 Å². The molecule has 0 aliphatic rings. The molecule has 8 heteroatoms. The number of nitro groups is 1. The second-order valence-electron chi connectivity index (χ2n) is 3.89. The average molecular weight is 278 g/mol. The summed E-state index contributed by atoms with van der Waals surface area (Å²) in [4.78, 5) is 35.8. The van der Waals surface area contributed by atoms with Gasteiger partial charge in [-0.15, -0.1) is 0 Å². The number of H-pyrrole nitrogens is 1. The van der Waals surface area contributed by atoms with Gasteiger partial charge in [0.2, 0.25) is 0 Å². The van der Waals surface area contributed by atoms with Crippen molar-refractivity contribution in [1.29, 1.82) is 0 Å². The molecule has 0 saturated carbocycles. The van der Waals surface area contributed by atoms with Gasteiger partial charge in [-0.25, -0.2) is 4.79 Å². The van der Waals surface area contributed by atoms with Crippen molar-refractivity contribution in [1.82, 2.24) is 4.98 Å². The van der Waals surface area contributed by atoms with Gasteiger partial charge in [-0.1, -0.05) is 0 Å². The number of hydrogen-bond donors (Lipinski definition) is 2. The molecule has 8 nitrogen and oxygen atoms in total. The van der Waals surface area contributed by atoms with Crippen molar-refractivity contribution in [3.63, 3.8) is 0 Å². The number of carbonyl (C=O) groups excluding carboxylic acids is 1. The maximum atomic E-state index is 11.7. The van der Waals surface area contributed by atoms with Crippen LogP contribution in [-0.4, -0.2) is 27.6 Å². The van der Waals surface area contributed by atoms with Crippen LogP contribution in [0.25, 0.3) is 10.9 Å². The first-order chi connectivity index (χ1) is 9.45. The smallest absolute Gasteiger partial charge is 0.347 e. The van der Waals surface area contributed by atoms with E-state index in [-0.39, 0.29) is 23.2 Å². The predicted octanol–water partition coefficient (Wildman–Crippen LogP) is 1.32. The van der Waals surface area contributed by atoms with Crippen molar-refractivity contribution >= 4 is 22.6 Å². The second kappa shape index (κ2) is 5.00. The van der Waals surface area contributed by atoms with E-state index in [0.29, 0.717) is 0 Å². The molecule has 0 bridgehead atoms. The number of aromatic amines is 1. The van der Waals surface area contributed by atoms with E-state index in [1.54, 1.807) is 6.92 Å². The van der Waals surface area contributed by atoms with Crippen LogP contribution in [0.5, 0.6) is 5.75 Å². The van der Waals surface area contributed by atoms with Crippen LogP contribution in [0.2, 0.25) is 0 Å². The zero-order valence-electron chi connectivity index (χ0n) is 10.4. The lowest BCUT2D eigenvalue weighted by Crippen LogP contribution is -2.20. The zero-order valence-corrected chi connectivity index (χ0v) is 10.4. The molecule has 0 saturated heterocycles. The minimum absolute atomic E-state index is 0.00172. The predicted molar refractivity (Wildman–Crippen MR) is 68.8 cm³/mol. The summed E-state index contributed by atoms with van der Waals surface area (Å²) in [6, 6.07) is 3.54. The van der Waals surface area contributed by atoms with E-state index in [4.69, 9.17) is 0 Å². The van der Waals surface area contributed by atoms with Gasteiger partial charge in [-0.2, -0.15) is 0 Å². The van der Waals surface area contributed by atoms with Gasteiger partial charge >= 0.3 is 5.97 Å². The number of ether oxygens (including phenoxy) is 1. The van der Waals surface area contributed by atoms with Crippen molar-refractivity contribution < 1.29 is 19.6 Å². The number of esters is 1. The standard InChI is InChI=1S/C12H10N2O6/c1-2-20-12(17)9-10(15)7-5-6(14(18)19)3-4-8(7)13-11(9)16/h3-5H,2H2,1H3,(H2,13,15,16). The Kier molecular flexibility index (Phi) is 3.38. The lowest BCUT2D eigenvalue weighted by atomic mass is 10.1. The molecule has 2 N–H and O–H groups in total. The molecule has 2 aromatic rings. The molecule has 0 atom stereocenters. The number of pyridine rings is 1. The summed E-state index contributed by atoms with van der Waals surface area (Å²) in [6.07, 6.45) is 0. The van der Waals surface area contributed by atoms with Crippen LogP contribution in [0.4, 0.5) is 5.69 Å². The van der Waals surface area contributed by atoms with E-state index in [0.717, 1.165) is 6.07 Å². The Bertz CT molecular complexity index is 764. The van der Waals surface area contributed by atoms with Crippen molar-refractivity contribution in [2.24, 2.45) is 0 Å². The van der Waals surface area contributed by atoms with Crippen LogP contribution in [0.1, 0.15) is 17.3 Å². The molecule has 2 rings (SSSR count). The van der Waals surface area contributed by atoms with Gasteiger partial charge in [0.05, 0.1) is 17.0 Å². The highest BCUT2D eigenvalue weighted by molar-refractivity contribution is 5.99. The minimum Gasteiger partial charge on any atom is -0.506 e. The fourth-order valence-corrected chi connectivity index (χ4v) is 1.77. The second-order valence-corrected chi connectivity index (χ2v) is 3.89. The fraction of sp³-hybridized carbons (Fsp3) is 0.167. The normalized spacial score (nSPS) is 10.4. The van der Waals surface area contributed by atoms with Crippen molar-refractivity contribution in [2.75, 3.05) is 6.61 Å². The summed E-state index contributed by atoms with van der Waals surface area (Å²) in [5.74, 6) is -1.62. The highest BCUT2D eigenvalue weighted by Gasteiger charge is 2.21. The molecule has 104 valence electrons. The Balaban J connectivity index is 2.75. The van der Waals surface area contributed by atoms with Crippen LogP contribution < -0.4 is 5.56 Å². The number of carbonyl (C=O) groups is 1. The van der Waals surface area contributed by atoms with Gasteiger partial charge < -0.3 is 14.8 Å². The van der Waals surface area contributed by atoms with Gasteiger partial charge in [0.15, 0.2) is 5.56 Å². The number of benzene rings is 1. The quantitative estimate of drug-likeness (QED) is 0.496. The lowest BCUT2D eigenvalue weighted by Gasteiger charge is -2.06. The number of nitrogens with zero attached hydrogens (tertiary/aromatic N) is 1. The van der Waals surface area contributed by atoms with Crippen LogP contribution in [0, 0.1) is 10.1 Å². The monoisotopic (exact) mass is 278 g/mol. The van der Waals surface area contributed by atoms with Crippen LogP contribution >= 0.6 is 0 Å². The van der Waals surface area contributed by atoms with Crippen molar-refractivity contribution in [2.45, 2.75) is 6.92 Å². The lowest BCUT2D eigenvalue weighted by molar-refractivity contribution is -0.384. The molecule has 0 fully saturated rings. The van der Waals surface area contributed by atoms with E-state index >= 15 is 0 Å². The SMILES string of the molecule is CCOC(=O)c1c(O)c2cc([N+](=O)[O-])ccc2[nH]c1=O. The first-order valence-electron chi connectivity index (χ1n) is 5.66. The summed E-state index contributed by atoms with van der Waals surface area (Å²) in [7, 11) is 0.